The zero-order chi connectivity index (χ0) is 27.7. The van der Waals surface area contributed by atoms with Crippen molar-refractivity contribution in [1.29, 1.82) is 0 Å². The van der Waals surface area contributed by atoms with Crippen LogP contribution in [-0.4, -0.2) is 44.3 Å². The molecule has 9 nitrogen and oxygen atoms in total. The highest BCUT2D eigenvalue weighted by molar-refractivity contribution is 6.34. The first-order valence-corrected chi connectivity index (χ1v) is 12.4. The predicted octanol–water partition coefficient (Wildman–Crippen LogP) is 4.20. The molecule has 1 saturated carbocycles. The molecule has 2 amide bonds. The molecule has 39 heavy (non-hydrogen) atoms. The van der Waals surface area contributed by atoms with Crippen LogP contribution in [0.25, 0.3) is 16.9 Å². The monoisotopic (exact) mass is 552 g/mol. The van der Waals surface area contributed by atoms with Crippen LogP contribution >= 0.6 is 11.6 Å². The normalized spacial score (nSPS) is 16.4. The Hall–Kier alpha value is -4.35. The standard InChI is InChI=1S/C27H23ClF2N6O3/c28-19-7-6-15(24-20(29)11-21(30)25(31)34-24)10-18(19)26(38)33-23-12-22(27(39)32-16-8-14(9-16)13-37)35-36(23)17-4-2-1-3-5-17/h1-7,10-12,14,16,37H,8-9,13H2,(H2,31,34)(H,32,39)(H,33,38)/t14-,16+. The van der Waals surface area contributed by atoms with Gasteiger partial charge in [-0.05, 0) is 43.0 Å². The maximum Gasteiger partial charge on any atom is 0.272 e. The molecule has 2 heterocycles. The first-order valence-electron chi connectivity index (χ1n) is 12.0. The SMILES string of the molecule is Nc1nc(-c2ccc(Cl)c(C(=O)Nc3cc(C(=O)N[C@H]4C[C@@H](CO)C4)nn3-c3ccccc3)c2)c(F)cc1F. The number of nitrogen functional groups attached to an aromatic ring is 1. The molecule has 0 spiro atoms. The van der Waals surface area contributed by atoms with Crippen LogP contribution in [0.3, 0.4) is 0 Å². The van der Waals surface area contributed by atoms with Gasteiger partial charge in [-0.2, -0.15) is 5.10 Å². The summed E-state index contributed by atoms with van der Waals surface area (Å²) in [7, 11) is 0. The molecule has 0 radical (unpaired) electrons. The topological polar surface area (TPSA) is 135 Å². The van der Waals surface area contributed by atoms with E-state index in [2.05, 4.69) is 20.7 Å². The van der Waals surface area contributed by atoms with Crippen molar-refractivity contribution in [1.82, 2.24) is 20.1 Å². The summed E-state index contributed by atoms with van der Waals surface area (Å²) in [5, 5.41) is 19.3. The van der Waals surface area contributed by atoms with E-state index in [9.17, 15) is 23.5 Å². The molecule has 200 valence electrons. The van der Waals surface area contributed by atoms with Gasteiger partial charge in [0, 0.05) is 30.3 Å². The van der Waals surface area contributed by atoms with Crippen molar-refractivity contribution in [2.75, 3.05) is 17.7 Å². The summed E-state index contributed by atoms with van der Waals surface area (Å²) in [5.41, 5.74) is 6.06. The lowest BCUT2D eigenvalue weighted by Crippen LogP contribution is -2.45. The number of carbonyl (C=O) groups is 2. The molecule has 0 atom stereocenters. The molecule has 5 N–H and O–H groups in total. The summed E-state index contributed by atoms with van der Waals surface area (Å²) < 4.78 is 29.4. The highest BCUT2D eigenvalue weighted by Crippen LogP contribution is 2.29. The molecule has 2 aromatic heterocycles. The van der Waals surface area contributed by atoms with Crippen molar-refractivity contribution in [2.24, 2.45) is 5.92 Å². The molecule has 0 bridgehead atoms. The highest BCUT2D eigenvalue weighted by atomic mass is 35.5. The Bertz CT molecular complexity index is 1560. The van der Waals surface area contributed by atoms with E-state index in [1.54, 1.807) is 24.3 Å². The second kappa shape index (κ2) is 10.8. The van der Waals surface area contributed by atoms with Crippen LogP contribution in [0.4, 0.5) is 20.4 Å². The minimum Gasteiger partial charge on any atom is -0.396 e. The molecule has 1 aliphatic carbocycles. The fraction of sp³-hybridized carbons (Fsp3) is 0.185. The first-order chi connectivity index (χ1) is 18.7. The van der Waals surface area contributed by atoms with Gasteiger partial charge in [0.15, 0.2) is 23.1 Å². The smallest absolute Gasteiger partial charge is 0.272 e. The molecular formula is C27H23ClF2N6O3. The van der Waals surface area contributed by atoms with Gasteiger partial charge in [0.1, 0.15) is 11.5 Å². The summed E-state index contributed by atoms with van der Waals surface area (Å²) >= 11 is 6.29. The predicted molar refractivity (Wildman–Crippen MR) is 142 cm³/mol. The van der Waals surface area contributed by atoms with E-state index < -0.39 is 29.3 Å². The zero-order valence-electron chi connectivity index (χ0n) is 20.4. The van der Waals surface area contributed by atoms with Crippen molar-refractivity contribution in [3.05, 3.63) is 88.6 Å². The van der Waals surface area contributed by atoms with Crippen LogP contribution in [-0.2, 0) is 0 Å². The van der Waals surface area contributed by atoms with E-state index in [0.717, 1.165) is 0 Å². The molecule has 0 unspecified atom stereocenters. The van der Waals surface area contributed by atoms with Gasteiger partial charge in [0.2, 0.25) is 0 Å². The lowest BCUT2D eigenvalue weighted by Gasteiger charge is -2.34. The van der Waals surface area contributed by atoms with Gasteiger partial charge < -0.3 is 21.5 Å². The summed E-state index contributed by atoms with van der Waals surface area (Å²) in [6, 6.07) is 15.0. The summed E-state index contributed by atoms with van der Waals surface area (Å²) in [6.07, 6.45) is 1.35. The van der Waals surface area contributed by atoms with E-state index in [4.69, 9.17) is 17.3 Å². The van der Waals surface area contributed by atoms with E-state index in [0.29, 0.717) is 24.6 Å². The van der Waals surface area contributed by atoms with Crippen LogP contribution in [0.5, 0.6) is 0 Å². The Morgan fingerprint density at radius 2 is 1.79 bits per heavy atom. The van der Waals surface area contributed by atoms with Gasteiger partial charge in [-0.3, -0.25) is 9.59 Å². The number of carbonyl (C=O) groups excluding carboxylic acids is 2. The Balaban J connectivity index is 1.44. The Morgan fingerprint density at radius 1 is 1.05 bits per heavy atom. The van der Waals surface area contributed by atoms with Gasteiger partial charge in [-0.15, -0.1) is 0 Å². The van der Waals surface area contributed by atoms with Crippen molar-refractivity contribution in [3.8, 4) is 16.9 Å². The third kappa shape index (κ3) is 5.45. The van der Waals surface area contributed by atoms with Gasteiger partial charge in [-0.25, -0.2) is 18.4 Å². The number of aliphatic hydroxyl groups is 1. The molecule has 5 rings (SSSR count). The molecule has 1 aliphatic rings. The number of halogens is 3. The van der Waals surface area contributed by atoms with E-state index in [1.807, 2.05) is 6.07 Å². The van der Waals surface area contributed by atoms with Crippen molar-refractivity contribution in [3.63, 3.8) is 0 Å². The molecular weight excluding hydrogens is 530 g/mol. The minimum atomic E-state index is -0.997. The molecule has 1 fully saturated rings. The molecule has 0 aliphatic heterocycles. The first kappa shape index (κ1) is 26.3. The highest BCUT2D eigenvalue weighted by Gasteiger charge is 2.30. The van der Waals surface area contributed by atoms with Gasteiger partial charge in [0.25, 0.3) is 11.8 Å². The number of benzene rings is 2. The maximum atomic E-state index is 14.4. The van der Waals surface area contributed by atoms with E-state index in [-0.39, 0.29) is 51.9 Å². The summed E-state index contributed by atoms with van der Waals surface area (Å²) in [6.45, 7) is 0.0756. The number of nitrogens with zero attached hydrogens (tertiary/aromatic N) is 3. The van der Waals surface area contributed by atoms with E-state index in [1.165, 1.54) is 28.9 Å². The fourth-order valence-corrected chi connectivity index (χ4v) is 4.53. The quantitative estimate of drug-likeness (QED) is 0.271. The van der Waals surface area contributed by atoms with Crippen LogP contribution in [0.2, 0.25) is 5.02 Å². The Labute approximate surface area is 226 Å². The second-order valence-electron chi connectivity index (χ2n) is 9.19. The van der Waals surface area contributed by atoms with Crippen molar-refractivity contribution < 1.29 is 23.5 Å². The Kier molecular flexibility index (Phi) is 7.27. The van der Waals surface area contributed by atoms with Crippen molar-refractivity contribution >= 4 is 35.1 Å². The van der Waals surface area contributed by atoms with Crippen LogP contribution in [0, 0.1) is 17.6 Å². The summed E-state index contributed by atoms with van der Waals surface area (Å²) in [5.74, 6) is -3.16. The van der Waals surface area contributed by atoms with Gasteiger partial charge in [0.05, 0.1) is 16.3 Å². The lowest BCUT2D eigenvalue weighted by atomic mass is 9.81. The number of aromatic nitrogens is 3. The largest absolute Gasteiger partial charge is 0.396 e. The van der Waals surface area contributed by atoms with Crippen LogP contribution in [0.1, 0.15) is 33.7 Å². The second-order valence-corrected chi connectivity index (χ2v) is 9.59. The number of pyridine rings is 1. The Morgan fingerprint density at radius 3 is 2.51 bits per heavy atom. The van der Waals surface area contributed by atoms with E-state index >= 15 is 0 Å². The molecule has 12 heteroatoms. The number of hydrogen-bond donors (Lipinski definition) is 4. The molecule has 4 aromatic rings. The average Bonchev–Trinajstić information content (AvgIpc) is 3.32. The van der Waals surface area contributed by atoms with Crippen LogP contribution in [0.15, 0.2) is 60.7 Å². The number of hydrogen-bond acceptors (Lipinski definition) is 6. The number of nitrogens with two attached hydrogens (primary N) is 1. The van der Waals surface area contributed by atoms with Crippen molar-refractivity contribution in [2.45, 2.75) is 18.9 Å². The van der Waals surface area contributed by atoms with Gasteiger partial charge >= 0.3 is 0 Å². The van der Waals surface area contributed by atoms with Crippen LogP contribution < -0.4 is 16.4 Å². The number of anilines is 2. The minimum absolute atomic E-state index is 0.0189. The number of rotatable bonds is 7. The number of aliphatic hydroxyl groups excluding tert-OH is 1. The fourth-order valence-electron chi connectivity index (χ4n) is 4.32. The average molecular weight is 553 g/mol. The number of nitrogens with one attached hydrogen (secondary N) is 2. The third-order valence-corrected chi connectivity index (χ3v) is 6.78. The summed E-state index contributed by atoms with van der Waals surface area (Å²) in [4.78, 5) is 30.0. The molecule has 2 aromatic carbocycles. The molecule has 0 saturated heterocycles. The van der Waals surface area contributed by atoms with Gasteiger partial charge in [-0.1, -0.05) is 35.9 Å². The third-order valence-electron chi connectivity index (χ3n) is 6.45. The maximum absolute atomic E-state index is 14.4. The number of para-hydroxylation sites is 1. The number of amides is 2. The lowest BCUT2D eigenvalue weighted by molar-refractivity contribution is 0.0827. The zero-order valence-corrected chi connectivity index (χ0v) is 21.1.